The first kappa shape index (κ1) is 14.8. The van der Waals surface area contributed by atoms with Crippen LogP contribution in [0.2, 0.25) is 0 Å². The standard InChI is InChI=1S/C12H22F3NO/c13-12(14,15)8-3-4-10(16)6-7-11-5-1-2-9-17-11/h10-11H,1-9,16H2. The van der Waals surface area contributed by atoms with Crippen molar-refractivity contribution in [1.29, 1.82) is 0 Å². The van der Waals surface area contributed by atoms with Crippen LogP contribution in [-0.2, 0) is 4.74 Å². The molecule has 1 fully saturated rings. The zero-order chi connectivity index (χ0) is 12.7. The maximum absolute atomic E-state index is 11.9. The van der Waals surface area contributed by atoms with Gasteiger partial charge in [0.1, 0.15) is 0 Å². The first-order valence-electron chi connectivity index (χ1n) is 6.41. The van der Waals surface area contributed by atoms with E-state index in [4.69, 9.17) is 10.5 Å². The van der Waals surface area contributed by atoms with Crippen LogP contribution in [0, 0.1) is 0 Å². The van der Waals surface area contributed by atoms with E-state index in [1.807, 2.05) is 0 Å². The summed E-state index contributed by atoms with van der Waals surface area (Å²) >= 11 is 0. The second-order valence-corrected chi connectivity index (χ2v) is 4.83. The summed E-state index contributed by atoms with van der Waals surface area (Å²) in [4.78, 5) is 0. The van der Waals surface area contributed by atoms with Crippen molar-refractivity contribution in [1.82, 2.24) is 0 Å². The molecule has 1 rings (SSSR count). The van der Waals surface area contributed by atoms with Crippen molar-refractivity contribution in [3.63, 3.8) is 0 Å². The van der Waals surface area contributed by atoms with Gasteiger partial charge < -0.3 is 10.5 Å². The summed E-state index contributed by atoms with van der Waals surface area (Å²) in [6.07, 6.45) is 1.11. The van der Waals surface area contributed by atoms with Crippen molar-refractivity contribution in [2.24, 2.45) is 5.73 Å². The quantitative estimate of drug-likeness (QED) is 0.787. The third kappa shape index (κ3) is 7.60. The van der Waals surface area contributed by atoms with E-state index in [2.05, 4.69) is 0 Å². The van der Waals surface area contributed by atoms with Crippen LogP contribution in [-0.4, -0.2) is 24.9 Å². The van der Waals surface area contributed by atoms with Crippen LogP contribution in [0.3, 0.4) is 0 Å². The molecule has 1 saturated heterocycles. The Bertz CT molecular complexity index is 202. The van der Waals surface area contributed by atoms with Crippen molar-refractivity contribution >= 4 is 0 Å². The molecule has 2 N–H and O–H groups in total. The zero-order valence-electron chi connectivity index (χ0n) is 10.1. The summed E-state index contributed by atoms with van der Waals surface area (Å²) in [5.41, 5.74) is 5.80. The number of hydrogen-bond acceptors (Lipinski definition) is 2. The van der Waals surface area contributed by atoms with Gasteiger partial charge in [-0.05, 0) is 44.9 Å². The van der Waals surface area contributed by atoms with Crippen molar-refractivity contribution in [2.45, 2.75) is 69.7 Å². The fourth-order valence-electron chi connectivity index (χ4n) is 2.14. The smallest absolute Gasteiger partial charge is 0.378 e. The molecule has 0 aromatic heterocycles. The monoisotopic (exact) mass is 253 g/mol. The molecule has 0 aromatic rings. The van der Waals surface area contributed by atoms with Gasteiger partial charge in [0.15, 0.2) is 0 Å². The lowest BCUT2D eigenvalue weighted by Crippen LogP contribution is -2.25. The molecule has 2 unspecified atom stereocenters. The number of hydrogen-bond donors (Lipinski definition) is 1. The lowest BCUT2D eigenvalue weighted by Gasteiger charge is -2.23. The number of ether oxygens (including phenoxy) is 1. The van der Waals surface area contributed by atoms with Crippen LogP contribution in [0.15, 0.2) is 0 Å². The van der Waals surface area contributed by atoms with Gasteiger partial charge in [0.05, 0.1) is 6.10 Å². The third-order valence-electron chi connectivity index (χ3n) is 3.17. The lowest BCUT2D eigenvalue weighted by molar-refractivity contribution is -0.135. The van der Waals surface area contributed by atoms with Gasteiger partial charge in [0, 0.05) is 19.1 Å². The average molecular weight is 253 g/mol. The molecule has 0 spiro atoms. The summed E-state index contributed by atoms with van der Waals surface area (Å²) in [7, 11) is 0. The summed E-state index contributed by atoms with van der Waals surface area (Å²) < 4.78 is 41.3. The van der Waals surface area contributed by atoms with Crippen LogP contribution >= 0.6 is 0 Å². The highest BCUT2D eigenvalue weighted by Crippen LogP contribution is 2.23. The molecule has 1 aliphatic rings. The average Bonchev–Trinajstić information content (AvgIpc) is 2.26. The van der Waals surface area contributed by atoms with Crippen LogP contribution in [0.4, 0.5) is 13.2 Å². The molecule has 1 heterocycles. The SMILES string of the molecule is NC(CCCC(F)(F)F)CCC1CCCCO1. The number of nitrogens with two attached hydrogens (primary N) is 1. The minimum atomic E-state index is -4.05. The van der Waals surface area contributed by atoms with Gasteiger partial charge in [0.2, 0.25) is 0 Å². The predicted octanol–water partition coefficient (Wildman–Crippen LogP) is 3.40. The maximum Gasteiger partial charge on any atom is 0.389 e. The van der Waals surface area contributed by atoms with Crippen molar-refractivity contribution in [2.75, 3.05) is 6.61 Å². The molecule has 2 nitrogen and oxygen atoms in total. The molecule has 17 heavy (non-hydrogen) atoms. The Morgan fingerprint density at radius 2 is 2.00 bits per heavy atom. The fraction of sp³-hybridized carbons (Fsp3) is 1.00. The molecular weight excluding hydrogens is 231 g/mol. The van der Waals surface area contributed by atoms with Crippen LogP contribution in [0.5, 0.6) is 0 Å². The number of rotatable bonds is 6. The molecule has 0 radical (unpaired) electrons. The van der Waals surface area contributed by atoms with E-state index in [1.165, 1.54) is 6.42 Å². The molecule has 0 aliphatic carbocycles. The largest absolute Gasteiger partial charge is 0.389 e. The summed E-state index contributed by atoms with van der Waals surface area (Å²) in [6, 6.07) is -0.122. The Kier molecular flexibility index (Phi) is 6.27. The second-order valence-electron chi connectivity index (χ2n) is 4.83. The van der Waals surface area contributed by atoms with E-state index >= 15 is 0 Å². The molecule has 0 bridgehead atoms. The molecule has 0 aromatic carbocycles. The number of alkyl halides is 3. The normalized spacial score (nSPS) is 23.6. The summed E-state index contributed by atoms with van der Waals surface area (Å²) in [5, 5.41) is 0. The lowest BCUT2D eigenvalue weighted by atomic mass is 9.99. The maximum atomic E-state index is 11.9. The van der Waals surface area contributed by atoms with Crippen molar-refractivity contribution in [3.8, 4) is 0 Å². The Hall–Kier alpha value is -0.290. The fourth-order valence-corrected chi connectivity index (χ4v) is 2.14. The minimum Gasteiger partial charge on any atom is -0.378 e. The van der Waals surface area contributed by atoms with Crippen molar-refractivity contribution < 1.29 is 17.9 Å². The van der Waals surface area contributed by atoms with E-state index in [0.717, 1.165) is 32.3 Å². The van der Waals surface area contributed by atoms with Gasteiger partial charge >= 0.3 is 6.18 Å². The minimum absolute atomic E-state index is 0.122. The molecular formula is C12H22F3NO. The van der Waals surface area contributed by atoms with Crippen molar-refractivity contribution in [3.05, 3.63) is 0 Å². The van der Waals surface area contributed by atoms with Crippen LogP contribution < -0.4 is 5.73 Å². The zero-order valence-corrected chi connectivity index (χ0v) is 10.1. The Balaban J connectivity index is 2.02. The summed E-state index contributed by atoms with van der Waals surface area (Å²) in [5.74, 6) is 0. The topological polar surface area (TPSA) is 35.2 Å². The van der Waals surface area contributed by atoms with Crippen LogP contribution in [0.25, 0.3) is 0 Å². The predicted molar refractivity (Wildman–Crippen MR) is 60.7 cm³/mol. The van der Waals surface area contributed by atoms with E-state index in [9.17, 15) is 13.2 Å². The van der Waals surface area contributed by atoms with E-state index in [-0.39, 0.29) is 18.6 Å². The van der Waals surface area contributed by atoms with Gasteiger partial charge in [-0.15, -0.1) is 0 Å². The van der Waals surface area contributed by atoms with Crippen LogP contribution in [0.1, 0.15) is 51.4 Å². The second kappa shape index (κ2) is 7.21. The highest BCUT2D eigenvalue weighted by Gasteiger charge is 2.26. The highest BCUT2D eigenvalue weighted by atomic mass is 19.4. The molecule has 102 valence electrons. The van der Waals surface area contributed by atoms with E-state index < -0.39 is 12.6 Å². The third-order valence-corrected chi connectivity index (χ3v) is 3.17. The first-order chi connectivity index (χ1) is 7.97. The van der Waals surface area contributed by atoms with E-state index in [0.29, 0.717) is 6.42 Å². The number of halogens is 3. The highest BCUT2D eigenvalue weighted by molar-refractivity contribution is 4.69. The first-order valence-corrected chi connectivity index (χ1v) is 6.41. The summed E-state index contributed by atoms with van der Waals surface area (Å²) in [6.45, 7) is 0.813. The van der Waals surface area contributed by atoms with Gasteiger partial charge in [-0.2, -0.15) is 13.2 Å². The Morgan fingerprint density at radius 1 is 1.24 bits per heavy atom. The van der Waals surface area contributed by atoms with Gasteiger partial charge in [0.25, 0.3) is 0 Å². The van der Waals surface area contributed by atoms with E-state index in [1.54, 1.807) is 0 Å². The van der Waals surface area contributed by atoms with Gasteiger partial charge in [-0.25, -0.2) is 0 Å². The van der Waals surface area contributed by atoms with Gasteiger partial charge in [-0.3, -0.25) is 0 Å². The van der Waals surface area contributed by atoms with Gasteiger partial charge in [-0.1, -0.05) is 0 Å². The molecule has 1 aliphatic heterocycles. The Morgan fingerprint density at radius 3 is 2.59 bits per heavy atom. The molecule has 0 amide bonds. The molecule has 0 saturated carbocycles. The molecule has 2 atom stereocenters. The Labute approximate surface area is 101 Å². The molecule has 5 heteroatoms.